The number of amides is 2. The number of benzene rings is 1. The summed E-state index contributed by atoms with van der Waals surface area (Å²) >= 11 is 0. The first-order valence-electron chi connectivity index (χ1n) is 9.83. The van der Waals surface area contributed by atoms with Crippen molar-refractivity contribution in [3.8, 4) is 11.3 Å². The molecule has 2 saturated heterocycles. The molecule has 3 heterocycles. The SMILES string of the molecule is C[C@@H]1C[C@H]1c1ccc(NC(=O)N2C3CCCC2C3)cc1-c1ccn(C)n1. The Balaban J connectivity index is 1.42. The molecule has 1 aromatic carbocycles. The molecule has 1 N–H and O–H groups in total. The molecule has 1 aliphatic carbocycles. The van der Waals surface area contributed by atoms with Crippen LogP contribution in [0.25, 0.3) is 11.3 Å². The summed E-state index contributed by atoms with van der Waals surface area (Å²) in [6.07, 6.45) is 7.97. The summed E-state index contributed by atoms with van der Waals surface area (Å²) in [4.78, 5) is 14.8. The van der Waals surface area contributed by atoms with Gasteiger partial charge in [0.15, 0.2) is 0 Å². The van der Waals surface area contributed by atoms with E-state index in [1.807, 2.05) is 17.9 Å². The van der Waals surface area contributed by atoms with Gasteiger partial charge in [-0.15, -0.1) is 0 Å². The molecule has 1 saturated carbocycles. The third-order valence-electron chi connectivity index (χ3n) is 6.44. The molecular formula is C21H26N4O. The van der Waals surface area contributed by atoms with Gasteiger partial charge in [0.2, 0.25) is 0 Å². The van der Waals surface area contributed by atoms with Crippen LogP contribution < -0.4 is 5.32 Å². The minimum absolute atomic E-state index is 0.0606. The first kappa shape index (κ1) is 15.9. The van der Waals surface area contributed by atoms with Crippen LogP contribution in [0.15, 0.2) is 30.5 Å². The minimum atomic E-state index is 0.0606. The van der Waals surface area contributed by atoms with Crippen LogP contribution in [-0.2, 0) is 7.05 Å². The number of nitrogens with one attached hydrogen (secondary N) is 1. The highest BCUT2D eigenvalue weighted by Crippen LogP contribution is 2.50. The summed E-state index contributed by atoms with van der Waals surface area (Å²) in [5.74, 6) is 1.35. The second-order valence-corrected chi connectivity index (χ2v) is 8.31. The normalized spacial score (nSPS) is 29.2. The van der Waals surface area contributed by atoms with Crippen LogP contribution in [0.4, 0.5) is 10.5 Å². The van der Waals surface area contributed by atoms with E-state index in [1.165, 1.54) is 24.8 Å². The molecule has 2 bridgehead atoms. The van der Waals surface area contributed by atoms with E-state index in [1.54, 1.807) is 0 Å². The summed E-state index contributed by atoms with van der Waals surface area (Å²) in [5, 5.41) is 7.74. The highest BCUT2D eigenvalue weighted by molar-refractivity contribution is 5.91. The third kappa shape index (κ3) is 2.61. The van der Waals surface area contributed by atoms with Crippen molar-refractivity contribution in [2.45, 2.75) is 57.0 Å². The highest BCUT2D eigenvalue weighted by atomic mass is 16.2. The molecule has 4 atom stereocenters. The molecule has 3 fully saturated rings. The number of aryl methyl sites for hydroxylation is 1. The topological polar surface area (TPSA) is 50.2 Å². The summed E-state index contributed by atoms with van der Waals surface area (Å²) in [6.45, 7) is 2.30. The van der Waals surface area contributed by atoms with E-state index >= 15 is 0 Å². The average Bonchev–Trinajstić information content (AvgIpc) is 3.19. The first-order valence-corrected chi connectivity index (χ1v) is 9.83. The average molecular weight is 350 g/mol. The lowest BCUT2D eigenvalue weighted by atomic mass is 9.80. The van der Waals surface area contributed by atoms with Crippen molar-refractivity contribution in [2.24, 2.45) is 13.0 Å². The van der Waals surface area contributed by atoms with E-state index in [0.29, 0.717) is 18.0 Å². The van der Waals surface area contributed by atoms with Gasteiger partial charge in [-0.25, -0.2) is 4.79 Å². The maximum Gasteiger partial charge on any atom is 0.322 e. The lowest BCUT2D eigenvalue weighted by molar-refractivity contribution is 0.0173. The second kappa shape index (κ2) is 5.86. The van der Waals surface area contributed by atoms with Crippen LogP contribution in [0.1, 0.15) is 50.5 Å². The van der Waals surface area contributed by atoms with Crippen molar-refractivity contribution in [3.63, 3.8) is 0 Å². The van der Waals surface area contributed by atoms with Gasteiger partial charge in [-0.1, -0.05) is 13.0 Å². The van der Waals surface area contributed by atoms with E-state index in [4.69, 9.17) is 0 Å². The maximum atomic E-state index is 12.7. The number of aromatic nitrogens is 2. The zero-order valence-corrected chi connectivity index (χ0v) is 15.5. The van der Waals surface area contributed by atoms with E-state index in [2.05, 4.69) is 46.5 Å². The number of piperidine rings is 1. The molecule has 5 heteroatoms. The molecule has 2 amide bonds. The number of urea groups is 1. The molecule has 2 aromatic rings. The number of nitrogens with zero attached hydrogens (tertiary/aromatic N) is 3. The third-order valence-corrected chi connectivity index (χ3v) is 6.44. The van der Waals surface area contributed by atoms with Gasteiger partial charge in [0.1, 0.15) is 0 Å². The number of carbonyl (C=O) groups is 1. The zero-order valence-electron chi connectivity index (χ0n) is 15.5. The molecule has 0 radical (unpaired) electrons. The van der Waals surface area contributed by atoms with Crippen molar-refractivity contribution >= 4 is 11.7 Å². The summed E-state index contributed by atoms with van der Waals surface area (Å²) in [5.41, 5.74) is 4.37. The molecule has 2 aliphatic heterocycles. The van der Waals surface area contributed by atoms with Crippen LogP contribution in [0.5, 0.6) is 0 Å². The number of fused-ring (bicyclic) bond motifs is 2. The molecule has 1 aromatic heterocycles. The molecule has 3 aliphatic rings. The number of hydrogen-bond acceptors (Lipinski definition) is 2. The Bertz CT molecular complexity index is 843. The Morgan fingerprint density at radius 2 is 1.96 bits per heavy atom. The number of anilines is 1. The number of rotatable bonds is 3. The van der Waals surface area contributed by atoms with Gasteiger partial charge in [0.05, 0.1) is 5.69 Å². The molecule has 2 unspecified atom stereocenters. The van der Waals surface area contributed by atoms with Gasteiger partial charge in [0.25, 0.3) is 0 Å². The van der Waals surface area contributed by atoms with E-state index < -0.39 is 0 Å². The molecule has 136 valence electrons. The molecule has 5 rings (SSSR count). The fraction of sp³-hybridized carbons (Fsp3) is 0.524. The van der Waals surface area contributed by atoms with Gasteiger partial charge in [-0.05, 0) is 67.7 Å². The Morgan fingerprint density at radius 3 is 2.58 bits per heavy atom. The standard InChI is InChI=1S/C21H26N4O/c1-13-10-18(13)17-7-6-14(11-19(17)20-8-9-24(2)23-20)22-21(26)25-15-4-3-5-16(25)12-15/h6-9,11,13,15-16,18H,3-5,10,12H2,1-2H3,(H,22,26)/t13-,15?,16?,18-/m1/s1. The minimum Gasteiger partial charge on any atom is -0.318 e. The monoisotopic (exact) mass is 350 g/mol. The fourth-order valence-corrected chi connectivity index (χ4v) is 4.82. The highest BCUT2D eigenvalue weighted by Gasteiger charge is 2.44. The number of carbonyl (C=O) groups excluding carboxylic acids is 1. The summed E-state index contributed by atoms with van der Waals surface area (Å²) in [7, 11) is 1.94. The fourth-order valence-electron chi connectivity index (χ4n) is 4.82. The Kier molecular flexibility index (Phi) is 3.59. The largest absolute Gasteiger partial charge is 0.322 e. The van der Waals surface area contributed by atoms with Crippen molar-refractivity contribution in [1.29, 1.82) is 0 Å². The Labute approximate surface area is 154 Å². The van der Waals surface area contributed by atoms with E-state index in [-0.39, 0.29) is 6.03 Å². The first-order chi connectivity index (χ1) is 12.6. The lowest BCUT2D eigenvalue weighted by Gasteiger charge is -2.52. The lowest BCUT2D eigenvalue weighted by Crippen LogP contribution is -2.62. The quantitative estimate of drug-likeness (QED) is 0.894. The molecule has 0 spiro atoms. The van der Waals surface area contributed by atoms with Crippen LogP contribution in [-0.4, -0.2) is 32.8 Å². The van der Waals surface area contributed by atoms with Crippen molar-refractivity contribution < 1.29 is 4.79 Å². The summed E-state index contributed by atoms with van der Waals surface area (Å²) in [6, 6.07) is 9.37. The molecular weight excluding hydrogens is 324 g/mol. The van der Waals surface area contributed by atoms with E-state index in [0.717, 1.165) is 35.7 Å². The van der Waals surface area contributed by atoms with E-state index in [9.17, 15) is 4.79 Å². The Hall–Kier alpha value is -2.30. The van der Waals surface area contributed by atoms with Crippen molar-refractivity contribution in [3.05, 3.63) is 36.0 Å². The Morgan fingerprint density at radius 1 is 1.19 bits per heavy atom. The van der Waals surface area contributed by atoms with Crippen LogP contribution in [0, 0.1) is 5.92 Å². The predicted octanol–water partition coefficient (Wildman–Crippen LogP) is 4.37. The van der Waals surface area contributed by atoms with Crippen molar-refractivity contribution in [2.75, 3.05) is 5.32 Å². The zero-order chi connectivity index (χ0) is 17.8. The number of hydrogen-bond donors (Lipinski definition) is 1. The smallest absolute Gasteiger partial charge is 0.318 e. The predicted molar refractivity (Wildman–Crippen MR) is 102 cm³/mol. The van der Waals surface area contributed by atoms with Gasteiger partial charge < -0.3 is 10.2 Å². The summed E-state index contributed by atoms with van der Waals surface area (Å²) < 4.78 is 1.84. The van der Waals surface area contributed by atoms with Gasteiger partial charge in [0, 0.05) is 36.6 Å². The van der Waals surface area contributed by atoms with Crippen LogP contribution >= 0.6 is 0 Å². The maximum absolute atomic E-state index is 12.7. The van der Waals surface area contributed by atoms with Gasteiger partial charge in [-0.2, -0.15) is 5.10 Å². The van der Waals surface area contributed by atoms with Gasteiger partial charge in [-0.3, -0.25) is 4.68 Å². The second-order valence-electron chi connectivity index (χ2n) is 8.31. The van der Waals surface area contributed by atoms with Crippen LogP contribution in [0.2, 0.25) is 0 Å². The van der Waals surface area contributed by atoms with Crippen molar-refractivity contribution in [1.82, 2.24) is 14.7 Å². The van der Waals surface area contributed by atoms with Gasteiger partial charge >= 0.3 is 6.03 Å². The van der Waals surface area contributed by atoms with Crippen LogP contribution in [0.3, 0.4) is 0 Å². The molecule has 26 heavy (non-hydrogen) atoms. The molecule has 5 nitrogen and oxygen atoms in total.